The molecule has 0 bridgehead atoms. The van der Waals surface area contributed by atoms with Gasteiger partial charge in [0.15, 0.2) is 0 Å². The van der Waals surface area contributed by atoms with Crippen molar-refractivity contribution >= 4 is 28.0 Å². The second kappa shape index (κ2) is 7.54. The molecule has 0 aliphatic carbocycles. The Bertz CT molecular complexity index is 1360. The van der Waals surface area contributed by atoms with E-state index in [-0.39, 0.29) is 22.8 Å². The molecule has 1 aliphatic heterocycles. The summed E-state index contributed by atoms with van der Waals surface area (Å²) in [6.45, 7) is 0.292. The summed E-state index contributed by atoms with van der Waals surface area (Å²) in [5.74, 6) is -1.48. The van der Waals surface area contributed by atoms with E-state index in [1.807, 2.05) is 24.3 Å². The Morgan fingerprint density at radius 3 is 2.41 bits per heavy atom. The third-order valence-electron chi connectivity index (χ3n) is 6.01. The van der Waals surface area contributed by atoms with Gasteiger partial charge in [-0.05, 0) is 37.1 Å². The van der Waals surface area contributed by atoms with Crippen LogP contribution in [0.3, 0.4) is 0 Å². The lowest BCUT2D eigenvalue weighted by atomic mass is 10.0. The molecule has 1 N–H and O–H groups in total. The summed E-state index contributed by atoms with van der Waals surface area (Å²) >= 11 is 0. The fraction of sp³-hybridized carbons (Fsp3) is 0.318. The maximum Gasteiger partial charge on any atom is 0.449 e. The highest BCUT2D eigenvalue weighted by Gasteiger charge is 2.38. The first kappa shape index (κ1) is 20.3. The summed E-state index contributed by atoms with van der Waals surface area (Å²) < 4.78 is 43.2. The van der Waals surface area contributed by atoms with E-state index in [0.29, 0.717) is 25.9 Å². The lowest BCUT2D eigenvalue weighted by Crippen LogP contribution is -2.42. The van der Waals surface area contributed by atoms with Crippen molar-refractivity contribution in [2.45, 2.75) is 31.6 Å². The number of piperidine rings is 1. The van der Waals surface area contributed by atoms with E-state index in [1.54, 1.807) is 21.6 Å². The topological polar surface area (TPSA) is 75.9 Å². The number of alkyl halides is 3. The minimum Gasteiger partial charge on any atom is -0.341 e. The highest BCUT2D eigenvalue weighted by atomic mass is 19.4. The van der Waals surface area contributed by atoms with Crippen LogP contribution in [0, 0.1) is 0 Å². The zero-order valence-corrected chi connectivity index (χ0v) is 17.0. The molecule has 2 aromatic carbocycles. The summed E-state index contributed by atoms with van der Waals surface area (Å²) in [5.41, 5.74) is 1.83. The molecule has 0 spiro atoms. The number of halogens is 3. The van der Waals surface area contributed by atoms with Crippen LogP contribution in [-0.4, -0.2) is 43.0 Å². The van der Waals surface area contributed by atoms with Crippen LogP contribution in [-0.2, 0) is 17.5 Å². The Morgan fingerprint density at radius 2 is 1.69 bits per heavy atom. The Balaban J connectivity index is 1.35. The molecule has 166 valence electrons. The molecule has 0 atom stereocenters. The Morgan fingerprint density at radius 1 is 1.03 bits per heavy atom. The third kappa shape index (κ3) is 3.45. The van der Waals surface area contributed by atoms with Gasteiger partial charge >= 0.3 is 11.9 Å². The number of rotatable bonds is 3. The average molecular weight is 443 g/mol. The normalized spacial score (nSPS) is 15.7. The van der Waals surface area contributed by atoms with E-state index < -0.39 is 24.5 Å². The van der Waals surface area contributed by atoms with Crippen molar-refractivity contribution in [2.75, 3.05) is 13.1 Å². The summed E-state index contributed by atoms with van der Waals surface area (Å²) in [4.78, 5) is 33.4. The summed E-state index contributed by atoms with van der Waals surface area (Å²) in [5, 5.41) is 0. The first-order valence-corrected chi connectivity index (χ1v) is 10.3. The number of carbonyl (C=O) groups is 1. The number of nitrogens with one attached hydrogen (secondary N) is 1. The van der Waals surface area contributed by atoms with Gasteiger partial charge in [-0.15, -0.1) is 0 Å². The number of imidazole rings is 2. The monoisotopic (exact) mass is 443 g/mol. The standard InChI is InChI=1S/C22H20F3N5O2/c23-22(24,25)20-26-15-5-1-3-7-17(15)29(20)13-19(31)28-11-9-14(10-12-28)30-18-8-4-2-6-16(18)27-21(30)32/h1-8,14H,9-13H2,(H,27,32). The van der Waals surface area contributed by atoms with Gasteiger partial charge in [-0.25, -0.2) is 9.78 Å². The van der Waals surface area contributed by atoms with Gasteiger partial charge in [0, 0.05) is 19.1 Å². The van der Waals surface area contributed by atoms with Crippen molar-refractivity contribution in [2.24, 2.45) is 0 Å². The van der Waals surface area contributed by atoms with E-state index in [1.165, 1.54) is 12.1 Å². The predicted molar refractivity (Wildman–Crippen MR) is 112 cm³/mol. The predicted octanol–water partition coefficient (Wildman–Crippen LogP) is 3.56. The van der Waals surface area contributed by atoms with E-state index in [0.717, 1.165) is 15.6 Å². The van der Waals surface area contributed by atoms with Crippen LogP contribution < -0.4 is 5.69 Å². The number of aromatic nitrogens is 4. The van der Waals surface area contributed by atoms with E-state index in [2.05, 4.69) is 9.97 Å². The highest BCUT2D eigenvalue weighted by molar-refractivity contribution is 5.81. The van der Waals surface area contributed by atoms with Gasteiger partial charge in [0.05, 0.1) is 22.1 Å². The number of H-pyrrole nitrogens is 1. The van der Waals surface area contributed by atoms with Gasteiger partial charge in [0.25, 0.3) is 0 Å². The number of hydrogen-bond acceptors (Lipinski definition) is 3. The molecule has 7 nitrogen and oxygen atoms in total. The molecular weight excluding hydrogens is 423 g/mol. The van der Waals surface area contributed by atoms with Crippen molar-refractivity contribution in [3.05, 3.63) is 64.8 Å². The first-order chi connectivity index (χ1) is 15.3. The number of likely N-dealkylation sites (tertiary alicyclic amines) is 1. The maximum atomic E-state index is 13.5. The molecule has 2 aromatic heterocycles. The van der Waals surface area contributed by atoms with E-state index >= 15 is 0 Å². The second-order valence-corrected chi connectivity index (χ2v) is 7.94. The molecule has 1 saturated heterocycles. The van der Waals surface area contributed by atoms with Gasteiger partial charge in [-0.1, -0.05) is 24.3 Å². The molecule has 0 radical (unpaired) electrons. The van der Waals surface area contributed by atoms with Gasteiger partial charge < -0.3 is 14.5 Å². The largest absolute Gasteiger partial charge is 0.449 e. The molecule has 5 rings (SSSR count). The molecule has 1 amide bonds. The molecule has 10 heteroatoms. The molecule has 32 heavy (non-hydrogen) atoms. The van der Waals surface area contributed by atoms with Crippen molar-refractivity contribution < 1.29 is 18.0 Å². The molecule has 0 saturated carbocycles. The fourth-order valence-electron chi connectivity index (χ4n) is 4.50. The Hall–Kier alpha value is -3.56. The average Bonchev–Trinajstić information content (AvgIpc) is 3.31. The Kier molecular flexibility index (Phi) is 4.79. The van der Waals surface area contributed by atoms with Crippen LogP contribution in [0.4, 0.5) is 13.2 Å². The SMILES string of the molecule is O=C(Cn1c(C(F)(F)F)nc2ccccc21)N1CCC(n2c(=O)[nH]c3ccccc32)CC1. The lowest BCUT2D eigenvalue weighted by Gasteiger charge is -2.32. The van der Waals surface area contributed by atoms with Crippen molar-refractivity contribution in [3.63, 3.8) is 0 Å². The van der Waals surface area contributed by atoms with Crippen molar-refractivity contribution in [1.29, 1.82) is 0 Å². The molecule has 3 heterocycles. The van der Waals surface area contributed by atoms with Crippen LogP contribution in [0.25, 0.3) is 22.1 Å². The summed E-state index contributed by atoms with van der Waals surface area (Å²) in [6, 6.07) is 13.6. The molecular formula is C22H20F3N5O2. The zero-order chi connectivity index (χ0) is 22.5. The minimum atomic E-state index is -4.66. The van der Waals surface area contributed by atoms with Gasteiger partial charge in [0.1, 0.15) is 6.54 Å². The van der Waals surface area contributed by atoms with E-state index in [4.69, 9.17) is 0 Å². The second-order valence-electron chi connectivity index (χ2n) is 7.94. The zero-order valence-electron chi connectivity index (χ0n) is 17.0. The molecule has 4 aromatic rings. The van der Waals surface area contributed by atoms with Crippen LogP contribution in [0.5, 0.6) is 0 Å². The van der Waals surface area contributed by atoms with Crippen LogP contribution in [0.2, 0.25) is 0 Å². The number of nitrogens with zero attached hydrogens (tertiary/aromatic N) is 4. The van der Waals surface area contributed by atoms with Crippen LogP contribution in [0.1, 0.15) is 24.7 Å². The number of benzene rings is 2. The van der Waals surface area contributed by atoms with E-state index in [9.17, 15) is 22.8 Å². The maximum absolute atomic E-state index is 13.5. The number of para-hydroxylation sites is 4. The third-order valence-corrected chi connectivity index (χ3v) is 6.01. The highest BCUT2D eigenvalue weighted by Crippen LogP contribution is 2.32. The van der Waals surface area contributed by atoms with Crippen molar-refractivity contribution in [3.8, 4) is 0 Å². The number of amides is 1. The van der Waals surface area contributed by atoms with Crippen LogP contribution >= 0.6 is 0 Å². The quantitative estimate of drug-likeness (QED) is 0.526. The molecule has 1 aliphatic rings. The fourth-order valence-corrected chi connectivity index (χ4v) is 4.50. The summed E-state index contributed by atoms with van der Waals surface area (Å²) in [6.07, 6.45) is -3.57. The number of hydrogen-bond donors (Lipinski definition) is 1. The number of aromatic amines is 1. The smallest absolute Gasteiger partial charge is 0.341 e. The van der Waals surface area contributed by atoms with Gasteiger partial charge in [-0.2, -0.15) is 13.2 Å². The lowest BCUT2D eigenvalue weighted by molar-refractivity contribution is -0.148. The summed E-state index contributed by atoms with van der Waals surface area (Å²) in [7, 11) is 0. The van der Waals surface area contributed by atoms with Gasteiger partial charge in [0.2, 0.25) is 11.7 Å². The van der Waals surface area contributed by atoms with Crippen LogP contribution in [0.15, 0.2) is 53.3 Å². The number of carbonyl (C=O) groups excluding carboxylic acids is 1. The van der Waals surface area contributed by atoms with Crippen molar-refractivity contribution in [1.82, 2.24) is 24.0 Å². The minimum absolute atomic E-state index is 0.0810. The molecule has 0 unspecified atom stereocenters. The van der Waals surface area contributed by atoms with Gasteiger partial charge in [-0.3, -0.25) is 9.36 Å². The Labute approximate surface area is 180 Å². The number of fused-ring (bicyclic) bond motifs is 2. The molecule has 1 fully saturated rings. The first-order valence-electron chi connectivity index (χ1n) is 10.3.